The van der Waals surface area contributed by atoms with Gasteiger partial charge in [-0.15, -0.1) is 0 Å². The Bertz CT molecular complexity index is 663. The average Bonchev–Trinajstić information content (AvgIpc) is 3.11. The second kappa shape index (κ2) is 7.21. The normalized spacial score (nSPS) is 17.3. The van der Waals surface area contributed by atoms with Crippen molar-refractivity contribution in [3.05, 3.63) is 36.0 Å². The SMILES string of the molecule is COc1ccccc1N1CCN([C@@H](C)c2nc(C(C)C)no2)CC1. The van der Waals surface area contributed by atoms with Crippen LogP contribution in [0.1, 0.15) is 44.4 Å². The molecule has 2 aromatic rings. The number of aromatic nitrogens is 2. The van der Waals surface area contributed by atoms with E-state index in [1.165, 1.54) is 0 Å². The second-order valence-corrected chi connectivity index (χ2v) is 6.52. The Kier molecular flexibility index (Phi) is 5.04. The first kappa shape index (κ1) is 16.8. The van der Waals surface area contributed by atoms with Gasteiger partial charge in [0.25, 0.3) is 0 Å². The number of hydrogen-bond donors (Lipinski definition) is 0. The maximum absolute atomic E-state index is 5.48. The number of methoxy groups -OCH3 is 1. The van der Waals surface area contributed by atoms with Gasteiger partial charge in [-0.25, -0.2) is 0 Å². The van der Waals surface area contributed by atoms with E-state index < -0.39 is 0 Å². The molecule has 1 atom stereocenters. The monoisotopic (exact) mass is 330 g/mol. The summed E-state index contributed by atoms with van der Waals surface area (Å²) in [5.74, 6) is 2.71. The lowest BCUT2D eigenvalue weighted by atomic mass is 10.2. The predicted molar refractivity (Wildman–Crippen MR) is 93.6 cm³/mol. The molecule has 0 saturated carbocycles. The van der Waals surface area contributed by atoms with Crippen LogP contribution in [0.3, 0.4) is 0 Å². The summed E-state index contributed by atoms with van der Waals surface area (Å²) < 4.78 is 10.9. The molecule has 3 rings (SSSR count). The van der Waals surface area contributed by atoms with Crippen LogP contribution in [-0.2, 0) is 0 Å². The largest absolute Gasteiger partial charge is 0.495 e. The molecule has 1 aliphatic rings. The zero-order valence-corrected chi connectivity index (χ0v) is 14.9. The van der Waals surface area contributed by atoms with E-state index in [0.717, 1.165) is 43.4 Å². The van der Waals surface area contributed by atoms with Gasteiger partial charge in [0.15, 0.2) is 5.82 Å². The van der Waals surface area contributed by atoms with Crippen molar-refractivity contribution in [2.75, 3.05) is 38.2 Å². The standard InChI is InChI=1S/C18H26N4O2/c1-13(2)17-19-18(24-20-17)14(3)21-9-11-22(12-10-21)15-7-5-6-8-16(15)23-4/h5-8,13-14H,9-12H2,1-4H3/t14-/m0/s1. The summed E-state index contributed by atoms with van der Waals surface area (Å²) >= 11 is 0. The van der Waals surface area contributed by atoms with Crippen LogP contribution >= 0.6 is 0 Å². The molecule has 6 nitrogen and oxygen atoms in total. The van der Waals surface area contributed by atoms with E-state index in [4.69, 9.17) is 9.26 Å². The summed E-state index contributed by atoms with van der Waals surface area (Å²) in [7, 11) is 1.72. The third kappa shape index (κ3) is 3.38. The maximum Gasteiger partial charge on any atom is 0.243 e. The van der Waals surface area contributed by atoms with Gasteiger partial charge in [0.05, 0.1) is 18.8 Å². The molecule has 0 radical (unpaired) electrons. The van der Waals surface area contributed by atoms with Crippen LogP contribution in [-0.4, -0.2) is 48.3 Å². The van der Waals surface area contributed by atoms with Gasteiger partial charge in [0, 0.05) is 32.1 Å². The lowest BCUT2D eigenvalue weighted by Crippen LogP contribution is -2.47. The van der Waals surface area contributed by atoms with Gasteiger partial charge in [-0.3, -0.25) is 4.90 Å². The van der Waals surface area contributed by atoms with Crippen LogP contribution in [0, 0.1) is 0 Å². The minimum Gasteiger partial charge on any atom is -0.495 e. The first-order valence-corrected chi connectivity index (χ1v) is 8.55. The van der Waals surface area contributed by atoms with Crippen molar-refractivity contribution < 1.29 is 9.26 Å². The van der Waals surface area contributed by atoms with E-state index in [2.05, 4.69) is 52.8 Å². The molecule has 0 amide bonds. The van der Waals surface area contributed by atoms with Crippen LogP contribution < -0.4 is 9.64 Å². The van der Waals surface area contributed by atoms with Crippen molar-refractivity contribution >= 4 is 5.69 Å². The Morgan fingerprint density at radius 1 is 1.08 bits per heavy atom. The molecule has 1 saturated heterocycles. The van der Waals surface area contributed by atoms with Crippen molar-refractivity contribution in [2.45, 2.75) is 32.7 Å². The number of piperazine rings is 1. The Labute approximate surface area is 143 Å². The van der Waals surface area contributed by atoms with Crippen molar-refractivity contribution in [3.8, 4) is 5.75 Å². The maximum atomic E-state index is 5.48. The van der Waals surface area contributed by atoms with Crippen molar-refractivity contribution in [1.82, 2.24) is 15.0 Å². The summed E-state index contributed by atoms with van der Waals surface area (Å²) in [6, 6.07) is 8.33. The summed E-state index contributed by atoms with van der Waals surface area (Å²) in [4.78, 5) is 9.30. The topological polar surface area (TPSA) is 54.6 Å². The molecular formula is C18H26N4O2. The predicted octanol–water partition coefficient (Wildman–Crippen LogP) is 3.08. The fourth-order valence-electron chi connectivity index (χ4n) is 3.05. The molecule has 130 valence electrons. The highest BCUT2D eigenvalue weighted by Gasteiger charge is 2.27. The van der Waals surface area contributed by atoms with E-state index >= 15 is 0 Å². The highest BCUT2D eigenvalue weighted by Crippen LogP contribution is 2.30. The highest BCUT2D eigenvalue weighted by atomic mass is 16.5. The lowest BCUT2D eigenvalue weighted by Gasteiger charge is -2.38. The number of anilines is 1. The van der Waals surface area contributed by atoms with Gasteiger partial charge in [-0.1, -0.05) is 31.1 Å². The molecule has 0 unspecified atom stereocenters. The number of rotatable bonds is 5. The third-order valence-electron chi connectivity index (χ3n) is 4.62. The summed E-state index contributed by atoms with van der Waals surface area (Å²) in [6.45, 7) is 10.1. The van der Waals surface area contributed by atoms with Crippen LogP contribution in [0.5, 0.6) is 5.75 Å². The van der Waals surface area contributed by atoms with Gasteiger partial charge >= 0.3 is 0 Å². The Morgan fingerprint density at radius 2 is 1.79 bits per heavy atom. The Balaban J connectivity index is 1.64. The van der Waals surface area contributed by atoms with E-state index in [9.17, 15) is 0 Å². The van der Waals surface area contributed by atoms with Crippen LogP contribution in [0.2, 0.25) is 0 Å². The number of ether oxygens (including phenoxy) is 1. The molecule has 1 aliphatic heterocycles. The van der Waals surface area contributed by atoms with Crippen LogP contribution in [0.15, 0.2) is 28.8 Å². The minimum absolute atomic E-state index is 0.143. The smallest absolute Gasteiger partial charge is 0.243 e. The van der Waals surface area contributed by atoms with Crippen LogP contribution in [0.4, 0.5) is 5.69 Å². The second-order valence-electron chi connectivity index (χ2n) is 6.52. The fraction of sp³-hybridized carbons (Fsp3) is 0.556. The number of hydrogen-bond acceptors (Lipinski definition) is 6. The molecule has 1 aromatic heterocycles. The highest BCUT2D eigenvalue weighted by molar-refractivity contribution is 5.58. The van der Waals surface area contributed by atoms with Crippen molar-refractivity contribution in [3.63, 3.8) is 0 Å². The van der Waals surface area contributed by atoms with Gasteiger partial charge in [0.2, 0.25) is 5.89 Å². The molecule has 1 fully saturated rings. The molecule has 0 aliphatic carbocycles. The summed E-state index contributed by atoms with van der Waals surface area (Å²) in [5.41, 5.74) is 1.16. The fourth-order valence-corrected chi connectivity index (χ4v) is 3.05. The molecule has 1 aromatic carbocycles. The first-order chi connectivity index (χ1) is 11.6. The molecule has 0 spiro atoms. The molecule has 24 heavy (non-hydrogen) atoms. The first-order valence-electron chi connectivity index (χ1n) is 8.55. The minimum atomic E-state index is 0.143. The van der Waals surface area contributed by atoms with Crippen molar-refractivity contribution in [2.24, 2.45) is 0 Å². The quantitative estimate of drug-likeness (QED) is 0.840. The molecule has 2 heterocycles. The van der Waals surface area contributed by atoms with Gasteiger partial charge in [-0.05, 0) is 19.1 Å². The number of para-hydroxylation sites is 2. The summed E-state index contributed by atoms with van der Waals surface area (Å²) in [5, 5.41) is 4.08. The van der Waals surface area contributed by atoms with E-state index in [0.29, 0.717) is 5.89 Å². The molecule has 0 bridgehead atoms. The Hall–Kier alpha value is -2.08. The summed E-state index contributed by atoms with van der Waals surface area (Å²) in [6.07, 6.45) is 0. The number of nitrogens with zero attached hydrogens (tertiary/aromatic N) is 4. The average molecular weight is 330 g/mol. The van der Waals surface area contributed by atoms with Gasteiger partial charge in [-0.2, -0.15) is 4.98 Å². The Morgan fingerprint density at radius 3 is 2.42 bits per heavy atom. The van der Waals surface area contributed by atoms with Crippen LogP contribution in [0.25, 0.3) is 0 Å². The van der Waals surface area contributed by atoms with Crippen molar-refractivity contribution in [1.29, 1.82) is 0 Å². The molecular weight excluding hydrogens is 304 g/mol. The molecule has 6 heteroatoms. The van der Waals surface area contributed by atoms with E-state index in [-0.39, 0.29) is 12.0 Å². The lowest BCUT2D eigenvalue weighted by molar-refractivity contribution is 0.164. The molecule has 0 N–H and O–H groups in total. The van der Waals surface area contributed by atoms with Gasteiger partial charge in [0.1, 0.15) is 5.75 Å². The zero-order valence-electron chi connectivity index (χ0n) is 14.9. The van der Waals surface area contributed by atoms with E-state index in [1.807, 2.05) is 12.1 Å². The zero-order chi connectivity index (χ0) is 17.1. The van der Waals surface area contributed by atoms with Gasteiger partial charge < -0.3 is 14.2 Å². The third-order valence-corrected chi connectivity index (χ3v) is 4.62. The van der Waals surface area contributed by atoms with E-state index in [1.54, 1.807) is 7.11 Å². The number of benzene rings is 1.